The summed E-state index contributed by atoms with van der Waals surface area (Å²) in [5, 5.41) is 6.48. The summed E-state index contributed by atoms with van der Waals surface area (Å²) in [6, 6.07) is 7.50. The minimum absolute atomic E-state index is 0.00885. The molecule has 0 aliphatic carbocycles. The fraction of sp³-hybridized carbons (Fsp3) is 0.417. The van der Waals surface area contributed by atoms with Crippen molar-refractivity contribution in [3.05, 3.63) is 34.9 Å². The van der Waals surface area contributed by atoms with Crippen LogP contribution in [0.25, 0.3) is 0 Å². The van der Waals surface area contributed by atoms with Crippen molar-refractivity contribution in [2.45, 2.75) is 19.4 Å². The Balaban J connectivity index is 2.36. The first-order chi connectivity index (χ1) is 7.65. The van der Waals surface area contributed by atoms with Gasteiger partial charge in [0.1, 0.15) is 0 Å². The Hall–Kier alpha value is -1.06. The van der Waals surface area contributed by atoms with Crippen LogP contribution in [0.15, 0.2) is 24.3 Å². The summed E-state index contributed by atoms with van der Waals surface area (Å²) in [4.78, 5) is 11.4. The molecule has 0 saturated heterocycles. The van der Waals surface area contributed by atoms with Crippen molar-refractivity contribution in [3.8, 4) is 0 Å². The standard InChI is InChI=1S/C12H17ClN2O/c1-9(14-2)12(16)15-8-7-10-5-3-4-6-11(10)13/h3-6,9,14H,7-8H2,1-2H3,(H,15,16). The van der Waals surface area contributed by atoms with Gasteiger partial charge in [0, 0.05) is 11.6 Å². The fourth-order valence-electron chi connectivity index (χ4n) is 1.31. The molecule has 16 heavy (non-hydrogen) atoms. The normalized spacial score (nSPS) is 12.2. The maximum Gasteiger partial charge on any atom is 0.236 e. The van der Waals surface area contributed by atoms with E-state index < -0.39 is 0 Å². The highest BCUT2D eigenvalue weighted by Gasteiger charge is 2.08. The van der Waals surface area contributed by atoms with Crippen LogP contribution in [0.5, 0.6) is 0 Å². The lowest BCUT2D eigenvalue weighted by Crippen LogP contribution is -2.41. The van der Waals surface area contributed by atoms with Crippen molar-refractivity contribution < 1.29 is 4.79 Å². The number of carbonyl (C=O) groups excluding carboxylic acids is 1. The Bertz CT molecular complexity index is 355. The summed E-state index contributed by atoms with van der Waals surface area (Å²) >= 11 is 6.00. The summed E-state index contributed by atoms with van der Waals surface area (Å²) in [7, 11) is 1.76. The van der Waals surface area contributed by atoms with Crippen molar-refractivity contribution in [2.24, 2.45) is 0 Å². The van der Waals surface area contributed by atoms with E-state index in [0.29, 0.717) is 6.54 Å². The van der Waals surface area contributed by atoms with Crippen LogP contribution in [-0.4, -0.2) is 25.5 Å². The monoisotopic (exact) mass is 240 g/mol. The minimum Gasteiger partial charge on any atom is -0.354 e. The molecular weight excluding hydrogens is 224 g/mol. The molecule has 1 atom stereocenters. The van der Waals surface area contributed by atoms with Gasteiger partial charge in [-0.15, -0.1) is 0 Å². The van der Waals surface area contributed by atoms with Gasteiger partial charge in [-0.1, -0.05) is 29.8 Å². The first-order valence-corrected chi connectivity index (χ1v) is 5.71. The molecule has 88 valence electrons. The number of amides is 1. The largest absolute Gasteiger partial charge is 0.354 e. The molecule has 0 heterocycles. The second-order valence-corrected chi connectivity index (χ2v) is 4.05. The van der Waals surface area contributed by atoms with E-state index >= 15 is 0 Å². The molecule has 0 spiro atoms. The van der Waals surface area contributed by atoms with Gasteiger partial charge < -0.3 is 10.6 Å². The maximum absolute atomic E-state index is 11.4. The zero-order chi connectivity index (χ0) is 12.0. The minimum atomic E-state index is -0.161. The molecule has 0 aliphatic heterocycles. The van der Waals surface area contributed by atoms with Crippen LogP contribution in [0.4, 0.5) is 0 Å². The van der Waals surface area contributed by atoms with Crippen molar-refractivity contribution in [3.63, 3.8) is 0 Å². The highest BCUT2D eigenvalue weighted by molar-refractivity contribution is 6.31. The first-order valence-electron chi connectivity index (χ1n) is 5.33. The number of hydrogen-bond donors (Lipinski definition) is 2. The molecule has 1 unspecified atom stereocenters. The van der Waals surface area contributed by atoms with Gasteiger partial charge in [-0.2, -0.15) is 0 Å². The molecule has 4 heteroatoms. The maximum atomic E-state index is 11.4. The van der Waals surface area contributed by atoms with Crippen molar-refractivity contribution >= 4 is 17.5 Å². The van der Waals surface area contributed by atoms with Crippen LogP contribution >= 0.6 is 11.6 Å². The van der Waals surface area contributed by atoms with Crippen molar-refractivity contribution in [1.29, 1.82) is 0 Å². The Morgan fingerprint density at radius 3 is 2.75 bits per heavy atom. The van der Waals surface area contributed by atoms with Crippen LogP contribution in [0.3, 0.4) is 0 Å². The molecule has 2 N–H and O–H groups in total. The van der Waals surface area contributed by atoms with Crippen LogP contribution in [0.2, 0.25) is 5.02 Å². The zero-order valence-electron chi connectivity index (χ0n) is 9.59. The molecule has 0 saturated carbocycles. The Morgan fingerprint density at radius 2 is 2.12 bits per heavy atom. The molecule has 0 aromatic heterocycles. The van der Waals surface area contributed by atoms with Gasteiger partial charge in [0.25, 0.3) is 0 Å². The predicted molar refractivity (Wildman–Crippen MR) is 66.7 cm³/mol. The summed E-state index contributed by atoms with van der Waals surface area (Å²) in [6.07, 6.45) is 0.752. The van der Waals surface area contributed by atoms with E-state index in [4.69, 9.17) is 11.6 Å². The van der Waals surface area contributed by atoms with Gasteiger partial charge in [-0.25, -0.2) is 0 Å². The molecule has 0 aliphatic rings. The number of halogens is 1. The van der Waals surface area contributed by atoms with Crippen LogP contribution in [0.1, 0.15) is 12.5 Å². The van der Waals surface area contributed by atoms with E-state index in [1.165, 1.54) is 0 Å². The fourth-order valence-corrected chi connectivity index (χ4v) is 1.54. The summed E-state index contributed by atoms with van der Waals surface area (Å²) in [5.74, 6) is 0.00885. The number of rotatable bonds is 5. The van der Waals surface area contributed by atoms with Crippen LogP contribution in [0, 0.1) is 0 Å². The van der Waals surface area contributed by atoms with E-state index in [1.807, 2.05) is 31.2 Å². The van der Waals surface area contributed by atoms with Crippen LogP contribution in [-0.2, 0) is 11.2 Å². The third-order valence-corrected chi connectivity index (χ3v) is 2.85. The van der Waals surface area contributed by atoms with Crippen LogP contribution < -0.4 is 10.6 Å². The number of likely N-dealkylation sites (N-methyl/N-ethyl adjacent to an activating group) is 1. The molecule has 0 bridgehead atoms. The first kappa shape index (κ1) is 13.0. The number of nitrogens with one attached hydrogen (secondary N) is 2. The third kappa shape index (κ3) is 3.83. The topological polar surface area (TPSA) is 41.1 Å². The van der Waals surface area contributed by atoms with Gasteiger partial charge in [-0.3, -0.25) is 4.79 Å². The van der Waals surface area contributed by atoms with Gasteiger partial charge in [0.15, 0.2) is 0 Å². The summed E-state index contributed by atoms with van der Waals surface area (Å²) in [6.45, 7) is 2.43. The average Bonchev–Trinajstić information content (AvgIpc) is 2.30. The molecule has 1 amide bonds. The third-order valence-electron chi connectivity index (χ3n) is 2.48. The van der Waals surface area contributed by atoms with Gasteiger partial charge in [-0.05, 0) is 32.0 Å². The van der Waals surface area contributed by atoms with Crippen molar-refractivity contribution in [1.82, 2.24) is 10.6 Å². The van der Waals surface area contributed by atoms with Crippen molar-refractivity contribution in [2.75, 3.05) is 13.6 Å². The Morgan fingerprint density at radius 1 is 1.44 bits per heavy atom. The average molecular weight is 241 g/mol. The second kappa shape index (κ2) is 6.51. The Kier molecular flexibility index (Phi) is 5.29. The summed E-state index contributed by atoms with van der Waals surface area (Å²) < 4.78 is 0. The molecular formula is C12H17ClN2O. The SMILES string of the molecule is CNC(C)C(=O)NCCc1ccccc1Cl. The molecule has 1 aromatic carbocycles. The molecule has 0 fully saturated rings. The molecule has 3 nitrogen and oxygen atoms in total. The van der Waals surface area contributed by atoms with E-state index in [1.54, 1.807) is 7.05 Å². The zero-order valence-corrected chi connectivity index (χ0v) is 10.3. The van der Waals surface area contributed by atoms with Gasteiger partial charge in [0.05, 0.1) is 6.04 Å². The lowest BCUT2D eigenvalue weighted by atomic mass is 10.1. The van der Waals surface area contributed by atoms with E-state index in [-0.39, 0.29) is 11.9 Å². The van der Waals surface area contributed by atoms with E-state index in [0.717, 1.165) is 17.0 Å². The molecule has 1 aromatic rings. The highest BCUT2D eigenvalue weighted by atomic mass is 35.5. The molecule has 1 rings (SSSR count). The number of hydrogen-bond acceptors (Lipinski definition) is 2. The smallest absolute Gasteiger partial charge is 0.236 e. The highest BCUT2D eigenvalue weighted by Crippen LogP contribution is 2.14. The predicted octanol–water partition coefficient (Wildman–Crippen LogP) is 1.61. The Labute approximate surface area is 101 Å². The lowest BCUT2D eigenvalue weighted by molar-refractivity contribution is -0.122. The number of benzene rings is 1. The quantitative estimate of drug-likeness (QED) is 0.821. The van der Waals surface area contributed by atoms with Gasteiger partial charge in [0.2, 0.25) is 5.91 Å². The van der Waals surface area contributed by atoms with E-state index in [2.05, 4.69) is 10.6 Å². The summed E-state index contributed by atoms with van der Waals surface area (Å²) in [5.41, 5.74) is 1.06. The second-order valence-electron chi connectivity index (χ2n) is 3.64. The lowest BCUT2D eigenvalue weighted by Gasteiger charge is -2.11. The van der Waals surface area contributed by atoms with Gasteiger partial charge >= 0.3 is 0 Å². The molecule has 0 radical (unpaired) electrons. The van der Waals surface area contributed by atoms with E-state index in [9.17, 15) is 4.79 Å². The number of carbonyl (C=O) groups is 1.